The number of aldehydes is 1. The minimum absolute atomic E-state index is 0.0833. The minimum Gasteiger partial charge on any atom is -0.303 e. The maximum atomic E-state index is 11.3. The van der Waals surface area contributed by atoms with E-state index in [0.29, 0.717) is 17.3 Å². The van der Waals surface area contributed by atoms with Gasteiger partial charge in [0.05, 0.1) is 0 Å². The molecule has 6 heteroatoms. The van der Waals surface area contributed by atoms with Crippen LogP contribution >= 0.6 is 11.8 Å². The lowest BCUT2D eigenvalue weighted by molar-refractivity contribution is -0.107. The van der Waals surface area contributed by atoms with Gasteiger partial charge in [-0.3, -0.25) is 4.57 Å². The molecule has 1 aromatic heterocycles. The Labute approximate surface area is 85.9 Å². The van der Waals surface area contributed by atoms with E-state index in [2.05, 4.69) is 10.2 Å². The van der Waals surface area contributed by atoms with Gasteiger partial charge < -0.3 is 4.79 Å². The van der Waals surface area contributed by atoms with Crippen LogP contribution < -0.4 is 5.69 Å². The molecule has 0 unspecified atom stereocenters. The van der Waals surface area contributed by atoms with E-state index in [-0.39, 0.29) is 11.7 Å². The van der Waals surface area contributed by atoms with Crippen LogP contribution in [0.25, 0.3) is 0 Å². The Morgan fingerprint density at radius 1 is 1.64 bits per heavy atom. The van der Waals surface area contributed by atoms with Crippen molar-refractivity contribution in [1.82, 2.24) is 14.8 Å². The third-order valence-electron chi connectivity index (χ3n) is 1.66. The van der Waals surface area contributed by atoms with Crippen molar-refractivity contribution in [2.45, 2.75) is 31.5 Å². The van der Waals surface area contributed by atoms with Crippen LogP contribution in [0.2, 0.25) is 0 Å². The predicted octanol–water partition coefficient (Wildman–Crippen LogP) is 0.833. The smallest absolute Gasteiger partial charge is 0.303 e. The summed E-state index contributed by atoms with van der Waals surface area (Å²) < 4.78 is 1.58. The Bertz CT molecular complexity index is 356. The Balaban J connectivity index is 2.76. The number of aromatic amines is 1. The van der Waals surface area contributed by atoms with Gasteiger partial charge in [-0.1, -0.05) is 11.8 Å². The topological polar surface area (TPSA) is 67.8 Å². The number of nitrogens with one attached hydrogen (secondary N) is 1. The second-order valence-electron chi connectivity index (χ2n) is 3.08. The monoisotopic (exact) mass is 215 g/mol. The van der Waals surface area contributed by atoms with Gasteiger partial charge in [-0.05, 0) is 13.8 Å². The van der Waals surface area contributed by atoms with Crippen LogP contribution in [0.3, 0.4) is 0 Å². The highest BCUT2D eigenvalue weighted by Gasteiger charge is 2.10. The first-order valence-electron chi connectivity index (χ1n) is 4.40. The van der Waals surface area contributed by atoms with Crippen molar-refractivity contribution < 1.29 is 4.79 Å². The Morgan fingerprint density at radius 2 is 2.36 bits per heavy atom. The second kappa shape index (κ2) is 4.99. The molecule has 1 aromatic rings. The molecule has 0 atom stereocenters. The van der Waals surface area contributed by atoms with Crippen LogP contribution in [-0.2, 0) is 4.79 Å². The van der Waals surface area contributed by atoms with Gasteiger partial charge in [0.25, 0.3) is 0 Å². The van der Waals surface area contributed by atoms with Crippen molar-refractivity contribution in [1.29, 1.82) is 0 Å². The summed E-state index contributed by atoms with van der Waals surface area (Å²) in [5.41, 5.74) is -0.200. The fourth-order valence-corrected chi connectivity index (χ4v) is 1.99. The van der Waals surface area contributed by atoms with Gasteiger partial charge >= 0.3 is 5.69 Å². The SMILES string of the molecule is CC(C)n1c(SCCC=O)n[nH]c1=O. The molecule has 0 radical (unpaired) electrons. The third-order valence-corrected chi connectivity index (χ3v) is 2.64. The van der Waals surface area contributed by atoms with E-state index in [9.17, 15) is 9.59 Å². The summed E-state index contributed by atoms with van der Waals surface area (Å²) in [6.07, 6.45) is 1.33. The number of carbonyl (C=O) groups is 1. The van der Waals surface area contributed by atoms with E-state index in [1.165, 1.54) is 11.8 Å². The molecule has 0 aromatic carbocycles. The van der Waals surface area contributed by atoms with Crippen molar-refractivity contribution >= 4 is 18.0 Å². The first-order chi connectivity index (χ1) is 6.66. The summed E-state index contributed by atoms with van der Waals surface area (Å²) in [6.45, 7) is 3.83. The number of rotatable bonds is 5. The molecule has 1 rings (SSSR count). The fourth-order valence-electron chi connectivity index (χ4n) is 1.05. The van der Waals surface area contributed by atoms with Crippen LogP contribution in [0.4, 0.5) is 0 Å². The normalized spacial score (nSPS) is 10.8. The van der Waals surface area contributed by atoms with Gasteiger partial charge in [-0.15, -0.1) is 5.10 Å². The number of hydrogen-bond acceptors (Lipinski definition) is 4. The average molecular weight is 215 g/mol. The van der Waals surface area contributed by atoms with Gasteiger partial charge in [-0.2, -0.15) is 0 Å². The van der Waals surface area contributed by atoms with Crippen LogP contribution in [0, 0.1) is 0 Å². The number of H-pyrrole nitrogens is 1. The molecule has 14 heavy (non-hydrogen) atoms. The van der Waals surface area contributed by atoms with E-state index in [4.69, 9.17) is 0 Å². The lowest BCUT2D eigenvalue weighted by atomic mass is 10.4. The van der Waals surface area contributed by atoms with Crippen LogP contribution in [-0.4, -0.2) is 26.8 Å². The number of aromatic nitrogens is 3. The fraction of sp³-hybridized carbons (Fsp3) is 0.625. The first kappa shape index (κ1) is 11.0. The summed E-state index contributed by atoms with van der Waals surface area (Å²) in [6, 6.07) is 0.0833. The summed E-state index contributed by atoms with van der Waals surface area (Å²) in [5.74, 6) is 0.653. The second-order valence-corrected chi connectivity index (χ2v) is 4.14. The Hall–Kier alpha value is -1.04. The van der Waals surface area contributed by atoms with Gasteiger partial charge in [-0.25, -0.2) is 9.89 Å². The zero-order chi connectivity index (χ0) is 10.6. The first-order valence-corrected chi connectivity index (χ1v) is 5.38. The molecule has 0 fully saturated rings. The highest BCUT2D eigenvalue weighted by Crippen LogP contribution is 2.16. The molecule has 0 spiro atoms. The van der Waals surface area contributed by atoms with E-state index in [0.717, 1.165) is 6.29 Å². The van der Waals surface area contributed by atoms with Gasteiger partial charge in [0.15, 0.2) is 5.16 Å². The third kappa shape index (κ3) is 2.47. The van der Waals surface area contributed by atoms with Crippen molar-refractivity contribution in [2.75, 3.05) is 5.75 Å². The van der Waals surface area contributed by atoms with Gasteiger partial charge in [0, 0.05) is 18.2 Å². The largest absolute Gasteiger partial charge is 0.344 e. The minimum atomic E-state index is -0.200. The lowest BCUT2D eigenvalue weighted by Crippen LogP contribution is -2.19. The number of hydrogen-bond donors (Lipinski definition) is 1. The number of thioether (sulfide) groups is 1. The maximum absolute atomic E-state index is 11.3. The highest BCUT2D eigenvalue weighted by atomic mass is 32.2. The summed E-state index contributed by atoms with van der Waals surface area (Å²) in [5, 5.41) is 6.92. The molecule has 1 N–H and O–H groups in total. The van der Waals surface area contributed by atoms with Crippen molar-refractivity contribution in [2.24, 2.45) is 0 Å². The zero-order valence-electron chi connectivity index (χ0n) is 8.19. The predicted molar refractivity (Wildman–Crippen MR) is 54.6 cm³/mol. The average Bonchev–Trinajstić information content (AvgIpc) is 2.47. The lowest BCUT2D eigenvalue weighted by Gasteiger charge is -2.07. The molecule has 1 heterocycles. The van der Waals surface area contributed by atoms with E-state index < -0.39 is 0 Å². The molecule has 5 nitrogen and oxygen atoms in total. The molecule has 0 aliphatic carbocycles. The van der Waals surface area contributed by atoms with Crippen molar-refractivity contribution in [3.8, 4) is 0 Å². The highest BCUT2D eigenvalue weighted by molar-refractivity contribution is 7.99. The summed E-state index contributed by atoms with van der Waals surface area (Å²) in [7, 11) is 0. The molecule has 78 valence electrons. The molecule has 0 aliphatic rings. The van der Waals surface area contributed by atoms with Crippen molar-refractivity contribution in [3.05, 3.63) is 10.5 Å². The molecule has 0 aliphatic heterocycles. The molecular weight excluding hydrogens is 202 g/mol. The van der Waals surface area contributed by atoms with E-state index in [1.54, 1.807) is 4.57 Å². The molecule has 0 saturated heterocycles. The van der Waals surface area contributed by atoms with Gasteiger partial charge in [0.1, 0.15) is 6.29 Å². The van der Waals surface area contributed by atoms with Crippen LogP contribution in [0.15, 0.2) is 9.95 Å². The number of carbonyl (C=O) groups excluding carboxylic acids is 1. The molecule has 0 saturated carbocycles. The molecule has 0 amide bonds. The Kier molecular flexibility index (Phi) is 3.94. The molecular formula is C8H13N3O2S. The number of nitrogens with zero attached hydrogens (tertiary/aromatic N) is 2. The van der Waals surface area contributed by atoms with Crippen LogP contribution in [0.5, 0.6) is 0 Å². The van der Waals surface area contributed by atoms with Crippen molar-refractivity contribution in [3.63, 3.8) is 0 Å². The molecule has 0 bridgehead atoms. The quantitative estimate of drug-likeness (QED) is 0.449. The summed E-state index contributed by atoms with van der Waals surface area (Å²) in [4.78, 5) is 21.4. The summed E-state index contributed by atoms with van der Waals surface area (Å²) >= 11 is 1.41. The van der Waals surface area contributed by atoms with Crippen LogP contribution in [0.1, 0.15) is 26.3 Å². The zero-order valence-corrected chi connectivity index (χ0v) is 9.00. The standard InChI is InChI=1S/C8H13N3O2S/c1-6(2)11-7(13)9-10-8(11)14-5-3-4-12/h4,6H,3,5H2,1-2H3,(H,9,13). The Morgan fingerprint density at radius 3 is 2.93 bits per heavy atom. The van der Waals surface area contributed by atoms with E-state index >= 15 is 0 Å². The van der Waals surface area contributed by atoms with E-state index in [1.807, 2.05) is 13.8 Å². The maximum Gasteiger partial charge on any atom is 0.344 e. The van der Waals surface area contributed by atoms with Gasteiger partial charge in [0.2, 0.25) is 0 Å².